The number of nitriles is 1. The van der Waals surface area contributed by atoms with Gasteiger partial charge in [0.1, 0.15) is 18.1 Å². The predicted molar refractivity (Wildman–Crippen MR) is 160 cm³/mol. The topological polar surface area (TPSA) is 103 Å². The molecule has 1 atom stereocenters. The number of fused-ring (bicyclic) bond motifs is 1. The van der Waals surface area contributed by atoms with Crippen LogP contribution in [-0.4, -0.2) is 23.8 Å². The number of benzene rings is 3. The summed E-state index contributed by atoms with van der Waals surface area (Å²) in [5, 5.41) is 9.42. The molecular weight excluding hydrogens is 550 g/mol. The third-order valence-electron chi connectivity index (χ3n) is 6.75. The summed E-state index contributed by atoms with van der Waals surface area (Å²) < 4.78 is 19.1. The lowest BCUT2D eigenvalue weighted by molar-refractivity contribution is -0.139. The molecule has 4 aromatic rings. The van der Waals surface area contributed by atoms with E-state index >= 15 is 0 Å². The van der Waals surface area contributed by atoms with Crippen LogP contribution in [0.1, 0.15) is 49.1 Å². The molecule has 0 saturated carbocycles. The smallest absolute Gasteiger partial charge is 0.338 e. The summed E-state index contributed by atoms with van der Waals surface area (Å²) in [6, 6.07) is 23.5. The Bertz CT molecular complexity index is 1880. The van der Waals surface area contributed by atoms with E-state index in [9.17, 15) is 14.9 Å². The highest BCUT2D eigenvalue weighted by Gasteiger charge is 2.33. The molecule has 1 aliphatic heterocycles. The van der Waals surface area contributed by atoms with Crippen molar-refractivity contribution in [3.63, 3.8) is 0 Å². The third-order valence-corrected chi connectivity index (χ3v) is 7.73. The maximum absolute atomic E-state index is 14.0. The normalized spacial score (nSPS) is 14.5. The van der Waals surface area contributed by atoms with Gasteiger partial charge in [0.2, 0.25) is 0 Å². The minimum atomic E-state index is -0.716. The maximum Gasteiger partial charge on any atom is 0.338 e. The number of carbonyl (C=O) groups is 1. The quantitative estimate of drug-likeness (QED) is 0.268. The lowest BCUT2D eigenvalue weighted by atomic mass is 9.96. The fourth-order valence-electron chi connectivity index (χ4n) is 4.80. The van der Waals surface area contributed by atoms with Gasteiger partial charge < -0.3 is 14.2 Å². The van der Waals surface area contributed by atoms with Crippen molar-refractivity contribution < 1.29 is 19.0 Å². The Hall–Kier alpha value is -4.94. The molecule has 3 aromatic carbocycles. The number of carbonyl (C=O) groups excluding carboxylic acids is 1. The zero-order valence-electron chi connectivity index (χ0n) is 23.5. The summed E-state index contributed by atoms with van der Waals surface area (Å²) in [6.07, 6.45) is 1.77. The molecular formula is C33H29N3O5S. The van der Waals surface area contributed by atoms with Crippen molar-refractivity contribution >= 4 is 23.4 Å². The molecule has 5 rings (SSSR count). The van der Waals surface area contributed by atoms with Gasteiger partial charge in [-0.15, -0.1) is 0 Å². The number of hydrogen-bond donors (Lipinski definition) is 0. The number of thiazole rings is 1. The van der Waals surface area contributed by atoms with Crippen molar-refractivity contribution in [1.82, 2.24) is 4.57 Å². The summed E-state index contributed by atoms with van der Waals surface area (Å²) in [6.45, 7) is 6.34. The Balaban J connectivity index is 1.59. The van der Waals surface area contributed by atoms with Gasteiger partial charge in [-0.05, 0) is 56.7 Å². The van der Waals surface area contributed by atoms with Gasteiger partial charge in [0.15, 0.2) is 4.80 Å². The SMILES string of the molecule is CCOC(=O)C1=C(C)N=c2s/c(=C\c3ccccc3OCc3ccccc3C#N)c(=O)n2[C@H]1c1ccc(OCC)cc1. The fraction of sp³-hybridized carbons (Fsp3) is 0.212. The number of esters is 1. The van der Waals surface area contributed by atoms with Gasteiger partial charge >= 0.3 is 5.97 Å². The highest BCUT2D eigenvalue weighted by molar-refractivity contribution is 7.07. The largest absolute Gasteiger partial charge is 0.494 e. The van der Waals surface area contributed by atoms with Crippen molar-refractivity contribution in [3.05, 3.63) is 126 Å². The monoisotopic (exact) mass is 579 g/mol. The second-order valence-corrected chi connectivity index (χ2v) is 10.4. The lowest BCUT2D eigenvalue weighted by Crippen LogP contribution is -2.39. The molecule has 1 aromatic heterocycles. The number of nitrogens with zero attached hydrogens (tertiary/aromatic N) is 3. The Labute approximate surface area is 247 Å². The second-order valence-electron chi connectivity index (χ2n) is 9.40. The standard InChI is InChI=1S/C33H29N3O5S/c1-4-39-26-16-14-22(15-17-26)30-29(32(38)40-5-2)21(3)35-33-36(30)31(37)28(42-33)18-23-10-8-9-13-27(23)41-20-25-12-7-6-11-24(25)19-34/h6-18,30H,4-5,20H2,1-3H3/b28-18-/t30-/m0/s1. The molecule has 8 nitrogen and oxygen atoms in total. The van der Waals surface area contributed by atoms with E-state index in [1.165, 1.54) is 11.3 Å². The predicted octanol–water partition coefficient (Wildman–Crippen LogP) is 4.65. The van der Waals surface area contributed by atoms with Crippen molar-refractivity contribution in [2.24, 2.45) is 4.99 Å². The molecule has 1 aliphatic rings. The average molecular weight is 580 g/mol. The Morgan fingerprint density at radius 1 is 1.02 bits per heavy atom. The summed E-state index contributed by atoms with van der Waals surface area (Å²) >= 11 is 1.25. The number of aromatic nitrogens is 1. The number of para-hydroxylation sites is 1. The van der Waals surface area contributed by atoms with Gasteiger partial charge in [-0.3, -0.25) is 9.36 Å². The Morgan fingerprint density at radius 2 is 1.76 bits per heavy atom. The molecule has 0 radical (unpaired) electrons. The van der Waals surface area contributed by atoms with Crippen LogP contribution in [-0.2, 0) is 16.1 Å². The molecule has 0 unspecified atom stereocenters. The summed E-state index contributed by atoms with van der Waals surface area (Å²) in [5.41, 5.74) is 3.30. The minimum Gasteiger partial charge on any atom is -0.494 e. The van der Waals surface area contributed by atoms with E-state index in [0.29, 0.717) is 49.8 Å². The highest BCUT2D eigenvalue weighted by Crippen LogP contribution is 2.31. The second kappa shape index (κ2) is 12.7. The first kappa shape index (κ1) is 28.6. The van der Waals surface area contributed by atoms with Crippen LogP contribution in [0.25, 0.3) is 6.08 Å². The number of hydrogen-bond acceptors (Lipinski definition) is 8. The number of allylic oxidation sites excluding steroid dienone is 1. The van der Waals surface area contributed by atoms with Crippen molar-refractivity contribution in [1.29, 1.82) is 5.26 Å². The molecule has 0 N–H and O–H groups in total. The molecule has 0 aliphatic carbocycles. The first-order valence-corrected chi connectivity index (χ1v) is 14.4. The number of ether oxygens (including phenoxy) is 3. The zero-order chi connectivity index (χ0) is 29.6. The molecule has 0 bridgehead atoms. The van der Waals surface area contributed by atoms with E-state index in [-0.39, 0.29) is 18.8 Å². The van der Waals surface area contributed by atoms with Crippen LogP contribution in [0.2, 0.25) is 0 Å². The number of rotatable bonds is 9. The van der Waals surface area contributed by atoms with Crippen molar-refractivity contribution in [2.75, 3.05) is 13.2 Å². The van der Waals surface area contributed by atoms with Crippen LogP contribution in [0.5, 0.6) is 11.5 Å². The Kier molecular flexibility index (Phi) is 8.65. The third kappa shape index (κ3) is 5.76. The molecule has 0 fully saturated rings. The van der Waals surface area contributed by atoms with Gasteiger partial charge in [-0.25, -0.2) is 9.79 Å². The molecule has 42 heavy (non-hydrogen) atoms. The molecule has 0 amide bonds. The lowest BCUT2D eigenvalue weighted by Gasteiger charge is -2.24. The highest BCUT2D eigenvalue weighted by atomic mass is 32.1. The van der Waals surface area contributed by atoms with E-state index in [0.717, 1.165) is 11.1 Å². The van der Waals surface area contributed by atoms with E-state index in [1.54, 1.807) is 30.6 Å². The van der Waals surface area contributed by atoms with Crippen LogP contribution >= 0.6 is 11.3 Å². The van der Waals surface area contributed by atoms with Gasteiger partial charge in [0.25, 0.3) is 5.56 Å². The van der Waals surface area contributed by atoms with Crippen molar-refractivity contribution in [2.45, 2.75) is 33.4 Å². The maximum atomic E-state index is 14.0. The average Bonchev–Trinajstić information content (AvgIpc) is 3.30. The van der Waals surface area contributed by atoms with Crippen LogP contribution in [0, 0.1) is 11.3 Å². The fourth-order valence-corrected chi connectivity index (χ4v) is 5.84. The van der Waals surface area contributed by atoms with E-state index < -0.39 is 12.0 Å². The first-order chi connectivity index (χ1) is 20.4. The van der Waals surface area contributed by atoms with Gasteiger partial charge in [-0.2, -0.15) is 5.26 Å². The van der Waals surface area contributed by atoms with Crippen LogP contribution in [0.4, 0.5) is 0 Å². The first-order valence-electron chi connectivity index (χ1n) is 13.6. The molecule has 0 saturated heterocycles. The minimum absolute atomic E-state index is 0.200. The molecule has 9 heteroatoms. The van der Waals surface area contributed by atoms with E-state index in [1.807, 2.05) is 73.7 Å². The molecule has 212 valence electrons. The Morgan fingerprint density at radius 3 is 2.50 bits per heavy atom. The molecule has 2 heterocycles. The van der Waals surface area contributed by atoms with E-state index in [4.69, 9.17) is 14.2 Å². The summed E-state index contributed by atoms with van der Waals surface area (Å²) in [5.74, 6) is 0.756. The van der Waals surface area contributed by atoms with Gasteiger partial charge in [0, 0.05) is 11.1 Å². The molecule has 0 spiro atoms. The van der Waals surface area contributed by atoms with Crippen LogP contribution < -0.4 is 24.4 Å². The van der Waals surface area contributed by atoms with Gasteiger partial charge in [-0.1, -0.05) is 59.9 Å². The van der Waals surface area contributed by atoms with Crippen LogP contribution in [0.15, 0.2) is 93.9 Å². The summed E-state index contributed by atoms with van der Waals surface area (Å²) in [7, 11) is 0. The van der Waals surface area contributed by atoms with E-state index in [2.05, 4.69) is 11.1 Å². The van der Waals surface area contributed by atoms with Gasteiger partial charge in [0.05, 0.1) is 46.7 Å². The summed E-state index contributed by atoms with van der Waals surface area (Å²) in [4.78, 5) is 32.3. The van der Waals surface area contributed by atoms with Crippen molar-refractivity contribution in [3.8, 4) is 17.6 Å². The zero-order valence-corrected chi connectivity index (χ0v) is 24.3. The van der Waals surface area contributed by atoms with Crippen LogP contribution in [0.3, 0.4) is 0 Å².